The first kappa shape index (κ1) is 17.0. The van der Waals surface area contributed by atoms with Crippen LogP contribution < -0.4 is 16.3 Å². The summed E-state index contributed by atoms with van der Waals surface area (Å²) in [5.41, 5.74) is 7.03. The van der Waals surface area contributed by atoms with Crippen molar-refractivity contribution >= 4 is 22.7 Å². The summed E-state index contributed by atoms with van der Waals surface area (Å²) >= 11 is 0. The Morgan fingerprint density at radius 2 is 1.96 bits per heavy atom. The van der Waals surface area contributed by atoms with Gasteiger partial charge in [0.1, 0.15) is 0 Å². The van der Waals surface area contributed by atoms with Gasteiger partial charge in [0.2, 0.25) is 5.84 Å². The minimum Gasteiger partial charge on any atom is -0.465 e. The molecule has 0 bridgehead atoms. The number of amidine groups is 1. The lowest BCUT2D eigenvalue weighted by atomic mass is 10.1. The molecule has 2 heterocycles. The highest BCUT2D eigenvalue weighted by molar-refractivity contribution is 5.93. The number of aromatic nitrogens is 2. The molecule has 0 saturated heterocycles. The van der Waals surface area contributed by atoms with E-state index in [-0.39, 0.29) is 11.6 Å². The molecule has 7 nitrogen and oxygen atoms in total. The van der Waals surface area contributed by atoms with Crippen LogP contribution in [-0.4, -0.2) is 28.5 Å². The summed E-state index contributed by atoms with van der Waals surface area (Å²) in [6.07, 6.45) is 1.42. The second kappa shape index (κ2) is 6.68. The molecular formula is C20H19N4O3+. The number of benzene rings is 2. The van der Waals surface area contributed by atoms with E-state index >= 15 is 0 Å². The van der Waals surface area contributed by atoms with Gasteiger partial charge < -0.3 is 4.74 Å². The summed E-state index contributed by atoms with van der Waals surface area (Å²) in [7, 11) is 1.32. The molecule has 0 spiro atoms. The highest BCUT2D eigenvalue weighted by Gasteiger charge is 2.29. The molecule has 0 saturated carbocycles. The van der Waals surface area contributed by atoms with Gasteiger partial charge >= 0.3 is 5.97 Å². The normalized spacial score (nSPS) is 16.3. The Hall–Kier alpha value is -3.48. The zero-order chi connectivity index (χ0) is 19.0. The fourth-order valence-electron chi connectivity index (χ4n) is 3.43. The summed E-state index contributed by atoms with van der Waals surface area (Å²) in [4.78, 5) is 33.6. The molecule has 0 unspecified atom stereocenters. The zero-order valence-electron chi connectivity index (χ0n) is 14.8. The van der Waals surface area contributed by atoms with Gasteiger partial charge in [0.15, 0.2) is 11.9 Å². The number of nitrogens with two attached hydrogens (primary N) is 1. The fraction of sp³-hybridized carbons (Fsp3) is 0.200. The predicted octanol–water partition coefficient (Wildman–Crippen LogP) is 0.445. The van der Waals surface area contributed by atoms with Crippen LogP contribution >= 0.6 is 0 Å². The van der Waals surface area contributed by atoms with Crippen molar-refractivity contribution in [3.8, 4) is 5.69 Å². The van der Waals surface area contributed by atoms with Gasteiger partial charge in [-0.15, -0.1) is 0 Å². The van der Waals surface area contributed by atoms with E-state index in [1.807, 2.05) is 6.07 Å². The monoisotopic (exact) mass is 363 g/mol. The number of methoxy groups -OCH3 is 1. The van der Waals surface area contributed by atoms with E-state index in [4.69, 9.17) is 15.5 Å². The van der Waals surface area contributed by atoms with Crippen LogP contribution in [0.4, 0.5) is 0 Å². The number of fused-ring (bicyclic) bond motifs is 1. The van der Waals surface area contributed by atoms with Gasteiger partial charge in [-0.25, -0.2) is 9.78 Å². The second-order valence-electron chi connectivity index (χ2n) is 6.40. The van der Waals surface area contributed by atoms with Gasteiger partial charge in [-0.3, -0.25) is 20.1 Å². The molecular weight excluding hydrogens is 344 g/mol. The minimum absolute atomic E-state index is 0.215. The molecule has 3 N–H and O–H groups in total. The molecule has 4 rings (SSSR count). The van der Waals surface area contributed by atoms with E-state index in [2.05, 4.69) is 4.99 Å². The van der Waals surface area contributed by atoms with Gasteiger partial charge in [0, 0.05) is 6.42 Å². The number of carbonyl (C=O) groups is 1. The lowest BCUT2D eigenvalue weighted by Gasteiger charge is -2.17. The molecule has 27 heavy (non-hydrogen) atoms. The van der Waals surface area contributed by atoms with E-state index in [0.29, 0.717) is 40.2 Å². The number of carbonyl (C=O) groups excluding carboxylic acids is 1. The molecule has 1 aliphatic rings. The van der Waals surface area contributed by atoms with Crippen molar-refractivity contribution in [2.45, 2.75) is 18.9 Å². The van der Waals surface area contributed by atoms with Gasteiger partial charge in [0.05, 0.1) is 35.7 Å². The van der Waals surface area contributed by atoms with E-state index < -0.39 is 5.97 Å². The van der Waals surface area contributed by atoms with Crippen LogP contribution in [0, 0.1) is 0 Å². The first-order valence-corrected chi connectivity index (χ1v) is 8.67. The van der Waals surface area contributed by atoms with E-state index in [0.717, 1.165) is 6.42 Å². The number of para-hydroxylation sites is 2. The molecule has 0 amide bonds. The highest BCUT2D eigenvalue weighted by Crippen LogP contribution is 2.22. The number of nitrogens with one attached hydrogen (secondary N) is 1. The Morgan fingerprint density at radius 3 is 2.70 bits per heavy atom. The third-order valence-corrected chi connectivity index (χ3v) is 4.73. The number of hydrogen-bond acceptors (Lipinski definition) is 5. The Kier molecular flexibility index (Phi) is 4.19. The maximum Gasteiger partial charge on any atom is 0.339 e. The van der Waals surface area contributed by atoms with Crippen molar-refractivity contribution in [1.29, 1.82) is 0 Å². The summed E-state index contributed by atoms with van der Waals surface area (Å²) in [6, 6.07) is 13.8. The maximum atomic E-state index is 13.4. The summed E-state index contributed by atoms with van der Waals surface area (Å²) in [5.74, 6) is 0.674. The van der Waals surface area contributed by atoms with E-state index in [9.17, 15) is 9.59 Å². The summed E-state index contributed by atoms with van der Waals surface area (Å²) < 4.78 is 6.38. The van der Waals surface area contributed by atoms with Crippen LogP contribution in [0.25, 0.3) is 16.6 Å². The van der Waals surface area contributed by atoms with Crippen LogP contribution in [0.3, 0.4) is 0 Å². The number of rotatable bonds is 3. The Bertz CT molecular complexity index is 1130. The molecule has 0 fully saturated rings. The standard InChI is InChI=1S/C20H18N4O3/c1-27-20(26)13-7-3-5-9-16(13)24-18(15-10-11-17(21)22-15)23-14-8-4-2-6-12(14)19(24)25/h2-9,15H,10-11H2,1H3,(H2,21,22)/p+1/t15-/m0/s1. The number of esters is 1. The smallest absolute Gasteiger partial charge is 0.339 e. The molecule has 136 valence electrons. The zero-order valence-corrected chi connectivity index (χ0v) is 14.8. The topological polar surface area (TPSA) is 101 Å². The van der Waals surface area contributed by atoms with Gasteiger partial charge in [-0.1, -0.05) is 24.3 Å². The van der Waals surface area contributed by atoms with Crippen molar-refractivity contribution in [2.24, 2.45) is 5.73 Å². The number of nitrogens with zero attached hydrogens (tertiary/aromatic N) is 2. The van der Waals surface area contributed by atoms with Crippen molar-refractivity contribution in [3.05, 3.63) is 70.3 Å². The van der Waals surface area contributed by atoms with Crippen LogP contribution in [0.15, 0.2) is 53.3 Å². The Balaban J connectivity index is 2.07. The van der Waals surface area contributed by atoms with E-state index in [1.54, 1.807) is 42.5 Å². The van der Waals surface area contributed by atoms with Gasteiger partial charge in [-0.2, -0.15) is 0 Å². The SMILES string of the molecule is COC(=O)c1ccccc1-n1c([C@@H]2CCC(N)=[NH+]2)nc2ccccc2c1=O. The van der Waals surface area contributed by atoms with E-state index in [1.165, 1.54) is 11.7 Å². The van der Waals surface area contributed by atoms with Crippen LogP contribution in [0.5, 0.6) is 0 Å². The number of hydrogen-bond donors (Lipinski definition) is 2. The van der Waals surface area contributed by atoms with Gasteiger partial charge in [0.25, 0.3) is 5.56 Å². The molecule has 0 radical (unpaired) electrons. The van der Waals surface area contributed by atoms with Crippen molar-refractivity contribution in [3.63, 3.8) is 0 Å². The molecule has 7 heteroatoms. The quantitative estimate of drug-likeness (QED) is 0.658. The molecule has 0 aliphatic carbocycles. The average Bonchev–Trinajstić information content (AvgIpc) is 3.13. The third kappa shape index (κ3) is 2.87. The predicted molar refractivity (Wildman–Crippen MR) is 101 cm³/mol. The lowest BCUT2D eigenvalue weighted by Crippen LogP contribution is -2.73. The Labute approximate surface area is 155 Å². The summed E-state index contributed by atoms with van der Waals surface area (Å²) in [6.45, 7) is 0. The highest BCUT2D eigenvalue weighted by atomic mass is 16.5. The first-order chi connectivity index (χ1) is 13.1. The largest absolute Gasteiger partial charge is 0.465 e. The third-order valence-electron chi connectivity index (χ3n) is 4.73. The second-order valence-corrected chi connectivity index (χ2v) is 6.40. The Morgan fingerprint density at radius 1 is 1.22 bits per heavy atom. The lowest BCUT2D eigenvalue weighted by molar-refractivity contribution is -0.503. The number of ether oxygens (including phenoxy) is 1. The molecule has 1 aliphatic heterocycles. The fourth-order valence-corrected chi connectivity index (χ4v) is 3.43. The van der Waals surface area contributed by atoms with Crippen molar-refractivity contribution in [1.82, 2.24) is 9.55 Å². The van der Waals surface area contributed by atoms with Crippen molar-refractivity contribution in [2.75, 3.05) is 7.11 Å². The molecule has 1 atom stereocenters. The molecule has 2 aromatic carbocycles. The van der Waals surface area contributed by atoms with Crippen molar-refractivity contribution < 1.29 is 14.5 Å². The maximum absolute atomic E-state index is 13.4. The summed E-state index contributed by atoms with van der Waals surface area (Å²) in [5, 5.41) is 0.482. The van der Waals surface area contributed by atoms with Crippen LogP contribution in [0.2, 0.25) is 0 Å². The molecule has 3 aromatic rings. The molecule has 1 aromatic heterocycles. The van der Waals surface area contributed by atoms with Gasteiger partial charge in [-0.05, 0) is 24.3 Å². The first-order valence-electron chi connectivity index (χ1n) is 8.67. The van der Waals surface area contributed by atoms with Crippen LogP contribution in [0.1, 0.15) is 35.1 Å². The van der Waals surface area contributed by atoms with Crippen LogP contribution in [-0.2, 0) is 4.74 Å². The minimum atomic E-state index is -0.512. The average molecular weight is 363 g/mol.